The predicted molar refractivity (Wildman–Crippen MR) is 175 cm³/mol. The average molecular weight is 810 g/mol. The van der Waals surface area contributed by atoms with E-state index < -0.39 is 18.4 Å². The second kappa shape index (κ2) is 13.7. The molecule has 226 valence electrons. The molecule has 3 heterocycles. The Morgan fingerprint density at radius 3 is 1.14 bits per heavy atom. The van der Waals surface area contributed by atoms with Gasteiger partial charge in [0.25, 0.3) is 12.3 Å². The van der Waals surface area contributed by atoms with E-state index in [9.17, 15) is 0 Å². The van der Waals surface area contributed by atoms with Crippen LogP contribution in [0.2, 0.25) is 0 Å². The Morgan fingerprint density at radius 2 is 0.762 bits per heavy atom. The number of halogens is 8. The monoisotopic (exact) mass is 806 g/mol. The molecule has 0 aromatic heterocycles. The summed E-state index contributed by atoms with van der Waals surface area (Å²) in [6.07, 6.45) is 4.55. The summed E-state index contributed by atoms with van der Waals surface area (Å²) >= 11 is 0. The molecule has 2 N–H and O–H groups in total. The summed E-state index contributed by atoms with van der Waals surface area (Å²) in [4.78, 5) is 0. The summed E-state index contributed by atoms with van der Waals surface area (Å²) in [5.74, 6) is 0. The van der Waals surface area contributed by atoms with E-state index in [-0.39, 0.29) is 12.3 Å². The average Bonchev–Trinajstić information content (AvgIpc) is 2.93. The molecule has 14 heteroatoms. The van der Waals surface area contributed by atoms with Gasteiger partial charge in [0.1, 0.15) is 11.1 Å². The first kappa shape index (κ1) is 32.6. The van der Waals surface area contributed by atoms with Gasteiger partial charge in [-0.1, -0.05) is 48.5 Å². The molecule has 4 aromatic rings. The van der Waals surface area contributed by atoms with Gasteiger partial charge in [-0.3, -0.25) is 0 Å². The van der Waals surface area contributed by atoms with Crippen LogP contribution in [0.15, 0.2) is 97.1 Å². The fourth-order valence-corrected chi connectivity index (χ4v) is 5.14. The summed E-state index contributed by atoms with van der Waals surface area (Å²) in [6.45, 7) is 0. The zero-order chi connectivity index (χ0) is 30.1. The zero-order valence-corrected chi connectivity index (χ0v) is 29.4. The van der Waals surface area contributed by atoms with Gasteiger partial charge in [0, 0.05) is 12.1 Å². The second-order valence-electron chi connectivity index (χ2n) is 9.06. The number of nitrogens with one attached hydrogen (secondary N) is 2. The Balaban J connectivity index is 0.000000308. The van der Waals surface area contributed by atoms with Crippen LogP contribution in [-0.4, -0.2) is 21.6 Å². The number of fused-ring (bicyclic) bond motifs is 10. The van der Waals surface area contributed by atoms with E-state index in [1.165, 1.54) is 33.6 Å². The summed E-state index contributed by atoms with van der Waals surface area (Å²) in [7, 11) is 34.4. The third-order valence-corrected chi connectivity index (χ3v) is 6.64. The molecule has 4 nitrogen and oxygen atoms in total. The molecule has 0 amide bonds. The first-order valence-electron chi connectivity index (χ1n) is 12.1. The van der Waals surface area contributed by atoms with Crippen molar-refractivity contribution >= 4 is 116 Å². The van der Waals surface area contributed by atoms with Crippen LogP contribution in [0, 0.1) is 0 Å². The first-order valence-corrected chi connectivity index (χ1v) is 24.2. The number of benzene rings is 4. The minimum atomic E-state index is -2.61. The maximum absolute atomic E-state index is 4.95. The molecule has 0 fully saturated rings. The van der Waals surface area contributed by atoms with Crippen LogP contribution in [0.5, 0.6) is 0 Å². The van der Waals surface area contributed by atoms with E-state index >= 15 is 0 Å². The van der Waals surface area contributed by atoms with Crippen LogP contribution in [0.25, 0.3) is 0 Å². The second-order valence-corrected chi connectivity index (χ2v) is 30.9. The normalized spacial score (nSPS) is 18.5. The standard InChI is InChI=1S/C28H20N4.8ClH.2Fe/c1-5-13-23-19(9-1)17-31-25-15-7-3-11-21(25)28-30-24-14-6-2-10-20(24)18-32(28)26-16-8-4-12-22(26)27(31)29-23;;;;;;;;;;/h1-18,27-28H;8*1H;;/q;;;;;;;;;2*+3/p-6. The number of para-hydroxylation sites is 4. The Kier molecular flexibility index (Phi) is 10.6. The van der Waals surface area contributed by atoms with Crippen molar-refractivity contribution < 1.29 is 27.5 Å². The van der Waals surface area contributed by atoms with Gasteiger partial charge < -0.3 is 10.6 Å². The molecule has 2 atom stereocenters. The van der Waals surface area contributed by atoms with Gasteiger partial charge in [-0.15, -0.1) is 0 Å². The molecule has 0 aliphatic carbocycles. The van der Waals surface area contributed by atoms with Crippen LogP contribution in [-0.2, 0) is 18.4 Å². The van der Waals surface area contributed by atoms with Crippen molar-refractivity contribution in [1.82, 2.24) is 0 Å². The molecule has 3 aliphatic heterocycles. The van der Waals surface area contributed by atoms with E-state index in [1.54, 1.807) is 0 Å². The van der Waals surface area contributed by atoms with Crippen molar-refractivity contribution in [3.05, 3.63) is 119 Å². The quantitative estimate of drug-likeness (QED) is 0.137. The summed E-state index contributed by atoms with van der Waals surface area (Å²) in [5, 5.41) is 7.62. The van der Waals surface area contributed by atoms with Crippen molar-refractivity contribution in [3.63, 3.8) is 0 Å². The Bertz CT molecular complexity index is 1540. The zero-order valence-electron chi connectivity index (χ0n) is 21.2. The van der Waals surface area contributed by atoms with Crippen molar-refractivity contribution in [1.29, 1.82) is 0 Å². The summed E-state index contributed by atoms with van der Waals surface area (Å²) in [5.41, 5.74) is 9.59. The van der Waals surface area contributed by atoms with Crippen LogP contribution < -0.4 is 10.6 Å². The van der Waals surface area contributed by atoms with E-state index in [1.807, 2.05) is 0 Å². The Labute approximate surface area is 283 Å². The van der Waals surface area contributed by atoms with E-state index in [4.69, 9.17) is 80.8 Å². The molecule has 7 rings (SSSR count). The molecule has 2 unspecified atom stereocenters. The van der Waals surface area contributed by atoms with Gasteiger partial charge >= 0.3 is 99.2 Å². The SMILES string of the molecule is C1=[N+]2c3ccccc3C3Nc4ccccc4C=[N+]3c3ccccc3C2Nc2ccccc21.[Cl][Fe-]([Cl])([Cl])[Cl].[Cl][Fe-]([Cl])([Cl])[Cl]. The number of hydrogen-bond donors (Lipinski definition) is 2. The molecular formula is C28H22Cl8Fe2N4. The van der Waals surface area contributed by atoms with Gasteiger partial charge in [-0.25, -0.2) is 0 Å². The van der Waals surface area contributed by atoms with Crippen LogP contribution >= 0.6 is 80.8 Å². The number of rotatable bonds is 0. The van der Waals surface area contributed by atoms with E-state index in [0.29, 0.717) is 0 Å². The van der Waals surface area contributed by atoms with Crippen LogP contribution in [0.3, 0.4) is 0 Å². The molecule has 0 saturated heterocycles. The van der Waals surface area contributed by atoms with Gasteiger partial charge in [0.2, 0.25) is 11.4 Å². The molecular weight excluding hydrogens is 788 g/mol. The molecule has 0 spiro atoms. The maximum atomic E-state index is 4.95. The van der Waals surface area contributed by atoms with E-state index in [0.717, 1.165) is 11.4 Å². The molecule has 42 heavy (non-hydrogen) atoms. The summed E-state index contributed by atoms with van der Waals surface area (Å²) < 4.78 is 4.77. The molecule has 0 bridgehead atoms. The van der Waals surface area contributed by atoms with Crippen molar-refractivity contribution in [2.24, 2.45) is 0 Å². The topological polar surface area (TPSA) is 30.1 Å². The predicted octanol–water partition coefficient (Wildman–Crippen LogP) is 11.3. The minimum absolute atomic E-state index is 0.00577. The third-order valence-electron chi connectivity index (χ3n) is 6.64. The Hall–Kier alpha value is -0.821. The van der Waals surface area contributed by atoms with E-state index in [2.05, 4.69) is 129 Å². The molecule has 0 saturated carbocycles. The molecule has 4 aromatic carbocycles. The van der Waals surface area contributed by atoms with Gasteiger partial charge in [0.05, 0.1) is 22.5 Å². The van der Waals surface area contributed by atoms with Crippen molar-refractivity contribution in [3.8, 4) is 0 Å². The Morgan fingerprint density at radius 1 is 0.452 bits per heavy atom. The van der Waals surface area contributed by atoms with Crippen LogP contribution in [0.4, 0.5) is 22.7 Å². The van der Waals surface area contributed by atoms with Gasteiger partial charge in [-0.05, 0) is 36.4 Å². The number of hydrogen-bond acceptors (Lipinski definition) is 2. The van der Waals surface area contributed by atoms with Gasteiger partial charge in [-0.2, -0.15) is 9.15 Å². The van der Waals surface area contributed by atoms with Crippen molar-refractivity contribution in [2.45, 2.75) is 12.3 Å². The number of anilines is 2. The van der Waals surface area contributed by atoms with Gasteiger partial charge in [0.15, 0.2) is 12.4 Å². The third kappa shape index (κ3) is 8.25. The molecule has 0 radical (unpaired) electrons. The summed E-state index contributed by atoms with van der Waals surface area (Å²) in [6, 6.07) is 34.5. The molecule has 3 aliphatic rings. The number of nitrogens with zero attached hydrogens (tertiary/aromatic N) is 2. The fraction of sp³-hybridized carbons (Fsp3) is 0.0714. The first-order chi connectivity index (χ1) is 19.9. The van der Waals surface area contributed by atoms with Crippen LogP contribution in [0.1, 0.15) is 34.6 Å². The van der Waals surface area contributed by atoms with Crippen molar-refractivity contribution in [2.75, 3.05) is 10.6 Å². The fourth-order valence-electron chi connectivity index (χ4n) is 5.14.